The van der Waals surface area contributed by atoms with Gasteiger partial charge in [-0.2, -0.15) is 9.40 Å². The zero-order chi connectivity index (χ0) is 15.7. The van der Waals surface area contributed by atoms with Crippen LogP contribution in [-0.2, 0) is 29.4 Å². The first-order valence-electron chi connectivity index (χ1n) is 7.71. The third kappa shape index (κ3) is 3.39. The van der Waals surface area contributed by atoms with Crippen molar-refractivity contribution in [3.8, 4) is 0 Å². The van der Waals surface area contributed by atoms with Gasteiger partial charge in [-0.1, -0.05) is 0 Å². The monoisotopic (exact) mass is 326 g/mol. The summed E-state index contributed by atoms with van der Waals surface area (Å²) in [5.74, 6) is 0. The van der Waals surface area contributed by atoms with Crippen molar-refractivity contribution in [1.29, 1.82) is 0 Å². The molecule has 22 heavy (non-hydrogen) atoms. The van der Waals surface area contributed by atoms with Crippen LogP contribution in [0.25, 0.3) is 0 Å². The third-order valence-electron chi connectivity index (χ3n) is 4.45. The van der Waals surface area contributed by atoms with E-state index in [0.717, 1.165) is 37.1 Å². The quantitative estimate of drug-likeness (QED) is 0.732. The SMILES string of the molecule is CS(=O)(=O)N1CCN(CCn2nc3c(cc2=O)CCC3)CC1. The van der Waals surface area contributed by atoms with Gasteiger partial charge in [-0.15, -0.1) is 0 Å². The summed E-state index contributed by atoms with van der Waals surface area (Å²) < 4.78 is 26.0. The molecule has 0 spiro atoms. The zero-order valence-corrected chi connectivity index (χ0v) is 13.7. The van der Waals surface area contributed by atoms with E-state index in [9.17, 15) is 13.2 Å². The standard InChI is InChI=1S/C14H22N4O3S/c1-22(20,21)17-8-5-16(6-9-17)7-10-18-14(19)11-12-3-2-4-13(12)15-18/h11H,2-10H2,1H3. The summed E-state index contributed by atoms with van der Waals surface area (Å²) >= 11 is 0. The van der Waals surface area contributed by atoms with Crippen LogP contribution in [0.2, 0.25) is 0 Å². The van der Waals surface area contributed by atoms with Gasteiger partial charge in [0.2, 0.25) is 10.0 Å². The maximum atomic E-state index is 12.0. The van der Waals surface area contributed by atoms with Crippen molar-refractivity contribution in [3.63, 3.8) is 0 Å². The Hall–Kier alpha value is -1.25. The lowest BCUT2D eigenvalue weighted by molar-refractivity contribution is 0.180. The fraction of sp³-hybridized carbons (Fsp3) is 0.714. The Balaban J connectivity index is 1.57. The number of piperazine rings is 1. The van der Waals surface area contributed by atoms with E-state index in [0.29, 0.717) is 32.7 Å². The summed E-state index contributed by atoms with van der Waals surface area (Å²) in [7, 11) is -3.09. The fourth-order valence-corrected chi connectivity index (χ4v) is 3.95. The molecule has 0 aromatic carbocycles. The first-order valence-corrected chi connectivity index (χ1v) is 9.56. The van der Waals surface area contributed by atoms with Crippen molar-refractivity contribution in [2.75, 3.05) is 39.0 Å². The minimum absolute atomic E-state index is 0.0320. The van der Waals surface area contributed by atoms with Crippen molar-refractivity contribution in [3.05, 3.63) is 27.7 Å². The molecule has 1 aromatic heterocycles. The van der Waals surface area contributed by atoms with Crippen molar-refractivity contribution in [1.82, 2.24) is 19.0 Å². The van der Waals surface area contributed by atoms with Gasteiger partial charge in [0.1, 0.15) is 0 Å². The molecule has 1 saturated heterocycles. The topological polar surface area (TPSA) is 75.5 Å². The van der Waals surface area contributed by atoms with Gasteiger partial charge >= 0.3 is 0 Å². The molecule has 3 rings (SSSR count). The van der Waals surface area contributed by atoms with E-state index in [2.05, 4.69) is 10.00 Å². The predicted molar refractivity (Wildman–Crippen MR) is 83.4 cm³/mol. The minimum atomic E-state index is -3.09. The highest BCUT2D eigenvalue weighted by Crippen LogP contribution is 2.16. The second-order valence-corrected chi connectivity index (χ2v) is 8.02. The van der Waals surface area contributed by atoms with Gasteiger partial charge in [0.25, 0.3) is 5.56 Å². The van der Waals surface area contributed by atoms with E-state index in [1.165, 1.54) is 10.6 Å². The molecule has 0 atom stereocenters. The van der Waals surface area contributed by atoms with Gasteiger partial charge < -0.3 is 0 Å². The Kier molecular flexibility index (Phi) is 4.33. The third-order valence-corrected chi connectivity index (χ3v) is 5.76. The van der Waals surface area contributed by atoms with E-state index >= 15 is 0 Å². The van der Waals surface area contributed by atoms with E-state index in [4.69, 9.17) is 0 Å². The van der Waals surface area contributed by atoms with Gasteiger partial charge in [-0.3, -0.25) is 9.69 Å². The second-order valence-electron chi connectivity index (χ2n) is 6.03. The van der Waals surface area contributed by atoms with E-state index in [1.807, 2.05) is 0 Å². The summed E-state index contributed by atoms with van der Waals surface area (Å²) in [5.41, 5.74) is 2.12. The van der Waals surface area contributed by atoms with E-state index < -0.39 is 10.0 Å². The molecule has 0 radical (unpaired) electrons. The lowest BCUT2D eigenvalue weighted by atomic mass is 10.2. The maximum Gasteiger partial charge on any atom is 0.267 e. The number of aromatic nitrogens is 2. The average molecular weight is 326 g/mol. The fourth-order valence-electron chi connectivity index (χ4n) is 3.12. The molecule has 1 fully saturated rings. The molecule has 2 heterocycles. The zero-order valence-electron chi connectivity index (χ0n) is 12.9. The highest BCUT2D eigenvalue weighted by molar-refractivity contribution is 7.88. The molecule has 0 saturated carbocycles. The summed E-state index contributed by atoms with van der Waals surface area (Å²) in [6.45, 7) is 3.73. The largest absolute Gasteiger partial charge is 0.299 e. The van der Waals surface area contributed by atoms with Crippen molar-refractivity contribution in [2.24, 2.45) is 0 Å². The molecule has 122 valence electrons. The number of aryl methyl sites for hydroxylation is 2. The summed E-state index contributed by atoms with van der Waals surface area (Å²) in [6, 6.07) is 1.72. The number of hydrogen-bond donors (Lipinski definition) is 0. The molecular weight excluding hydrogens is 304 g/mol. The van der Waals surface area contributed by atoms with Crippen LogP contribution >= 0.6 is 0 Å². The molecule has 0 N–H and O–H groups in total. The van der Waals surface area contributed by atoms with Crippen LogP contribution < -0.4 is 5.56 Å². The average Bonchev–Trinajstić information content (AvgIpc) is 2.91. The molecule has 7 nitrogen and oxygen atoms in total. The smallest absolute Gasteiger partial charge is 0.267 e. The first kappa shape index (κ1) is 15.6. The van der Waals surface area contributed by atoms with Gasteiger partial charge in [0.05, 0.1) is 18.5 Å². The Morgan fingerprint density at radius 1 is 1.14 bits per heavy atom. The maximum absolute atomic E-state index is 12.0. The van der Waals surface area contributed by atoms with Gasteiger partial charge in [-0.25, -0.2) is 13.1 Å². The lowest BCUT2D eigenvalue weighted by Crippen LogP contribution is -2.49. The molecule has 0 bridgehead atoms. The van der Waals surface area contributed by atoms with E-state index in [1.54, 1.807) is 10.7 Å². The molecule has 0 amide bonds. The van der Waals surface area contributed by atoms with Gasteiger partial charge in [-0.05, 0) is 24.8 Å². The van der Waals surface area contributed by atoms with Crippen LogP contribution in [0.1, 0.15) is 17.7 Å². The van der Waals surface area contributed by atoms with Crippen LogP contribution in [0.3, 0.4) is 0 Å². The van der Waals surface area contributed by atoms with Crippen LogP contribution in [-0.4, -0.2) is 66.4 Å². The lowest BCUT2D eigenvalue weighted by Gasteiger charge is -2.33. The van der Waals surface area contributed by atoms with Crippen LogP contribution in [0.5, 0.6) is 0 Å². The van der Waals surface area contributed by atoms with Gasteiger partial charge in [0.15, 0.2) is 0 Å². The molecule has 1 aliphatic carbocycles. The Morgan fingerprint density at radius 2 is 1.86 bits per heavy atom. The molecule has 0 unspecified atom stereocenters. The second kappa shape index (κ2) is 6.10. The minimum Gasteiger partial charge on any atom is -0.299 e. The first-order chi connectivity index (χ1) is 10.4. The Labute approximate surface area is 130 Å². The summed E-state index contributed by atoms with van der Waals surface area (Å²) in [4.78, 5) is 14.2. The number of nitrogens with zero attached hydrogens (tertiary/aromatic N) is 4. The molecule has 1 aliphatic heterocycles. The normalized spacial score (nSPS) is 20.2. The number of rotatable bonds is 4. The summed E-state index contributed by atoms with van der Waals surface area (Å²) in [5, 5.41) is 4.46. The number of fused-ring (bicyclic) bond motifs is 1. The number of hydrogen-bond acceptors (Lipinski definition) is 5. The number of sulfonamides is 1. The molecular formula is C14H22N4O3S. The van der Waals surface area contributed by atoms with E-state index in [-0.39, 0.29) is 5.56 Å². The van der Waals surface area contributed by atoms with Crippen LogP contribution in [0.15, 0.2) is 10.9 Å². The van der Waals surface area contributed by atoms with Crippen molar-refractivity contribution >= 4 is 10.0 Å². The van der Waals surface area contributed by atoms with Crippen LogP contribution in [0, 0.1) is 0 Å². The highest BCUT2D eigenvalue weighted by Gasteiger charge is 2.23. The molecule has 1 aromatic rings. The van der Waals surface area contributed by atoms with Crippen LogP contribution in [0.4, 0.5) is 0 Å². The Bertz CT molecular complexity index is 705. The summed E-state index contributed by atoms with van der Waals surface area (Å²) in [6.07, 6.45) is 4.25. The van der Waals surface area contributed by atoms with Crippen molar-refractivity contribution in [2.45, 2.75) is 25.8 Å². The highest BCUT2D eigenvalue weighted by atomic mass is 32.2. The Morgan fingerprint density at radius 3 is 2.55 bits per heavy atom. The van der Waals surface area contributed by atoms with Crippen molar-refractivity contribution < 1.29 is 8.42 Å². The molecule has 8 heteroatoms. The predicted octanol–water partition coefficient (Wildman–Crippen LogP) is -0.691. The van der Waals surface area contributed by atoms with Gasteiger partial charge in [0, 0.05) is 38.8 Å². The molecule has 2 aliphatic rings.